The molecule has 0 atom stereocenters. The van der Waals surface area contributed by atoms with Gasteiger partial charge < -0.3 is 0 Å². The van der Waals surface area contributed by atoms with Crippen LogP contribution in [0.1, 0.15) is 54.8 Å². The van der Waals surface area contributed by atoms with E-state index in [0.29, 0.717) is 12.8 Å². The van der Waals surface area contributed by atoms with E-state index in [1.54, 1.807) is 0 Å². The van der Waals surface area contributed by atoms with Crippen molar-refractivity contribution in [1.82, 2.24) is 4.72 Å². The van der Waals surface area contributed by atoms with Gasteiger partial charge in [0.25, 0.3) is 0 Å². The van der Waals surface area contributed by atoms with Crippen LogP contribution in [-0.2, 0) is 14.8 Å². The summed E-state index contributed by atoms with van der Waals surface area (Å²) < 4.78 is 24.3. The molecule has 0 saturated heterocycles. The van der Waals surface area contributed by atoms with Gasteiger partial charge in [0, 0.05) is 7.85 Å². The van der Waals surface area contributed by atoms with Crippen LogP contribution in [0.25, 0.3) is 0 Å². The molecule has 0 heterocycles. The van der Waals surface area contributed by atoms with Crippen LogP contribution in [0.2, 0.25) is 0 Å². The van der Waals surface area contributed by atoms with Crippen molar-refractivity contribution >= 4 is 15.9 Å². The van der Waals surface area contributed by atoms with Gasteiger partial charge in [-0.2, -0.15) is 0 Å². The molecule has 0 aromatic carbocycles. The lowest BCUT2D eigenvalue weighted by atomic mass is 10.3. The fraction of sp³-hybridized carbons (Fsp3) is 0.900. The Balaban J connectivity index is -0.000000529. The lowest BCUT2D eigenvalue weighted by Gasteiger charge is -2.04. The molecule has 15 heavy (non-hydrogen) atoms. The van der Waals surface area contributed by atoms with E-state index in [2.05, 4.69) is 0 Å². The molecule has 0 aromatic heterocycles. The van der Waals surface area contributed by atoms with Gasteiger partial charge in [-0.3, -0.25) is 9.52 Å². The van der Waals surface area contributed by atoms with Crippen LogP contribution in [0.4, 0.5) is 0 Å². The third-order valence-electron chi connectivity index (χ3n) is 1.51. The standard InChI is InChI=1S/C8H17NO3S.C2H6.H2/c1-3-5-7-13(11,12)9-8(10)6-4-2;1-2;/h3-7H2,1-2H3,(H,9,10);1-2H3;1H. The lowest BCUT2D eigenvalue weighted by Crippen LogP contribution is -2.32. The Hall–Kier alpha value is -0.580. The summed E-state index contributed by atoms with van der Waals surface area (Å²) in [5.74, 6) is -0.363. The molecule has 0 rings (SSSR count). The first-order valence-corrected chi connectivity index (χ1v) is 7.20. The summed E-state index contributed by atoms with van der Waals surface area (Å²) in [6.45, 7) is 7.74. The zero-order valence-corrected chi connectivity index (χ0v) is 11.0. The summed E-state index contributed by atoms with van der Waals surface area (Å²) in [5, 5.41) is 0. The van der Waals surface area contributed by atoms with Crippen molar-refractivity contribution in [3.63, 3.8) is 0 Å². The summed E-state index contributed by atoms with van der Waals surface area (Å²) >= 11 is 0. The SMILES string of the molecule is CC.CCCCS(=O)(=O)NC(=O)CCC.[HH]. The molecule has 4 nitrogen and oxygen atoms in total. The zero-order valence-electron chi connectivity index (χ0n) is 10.2. The lowest BCUT2D eigenvalue weighted by molar-refractivity contribution is -0.119. The number of nitrogens with one attached hydrogen (secondary N) is 1. The minimum absolute atomic E-state index is 0. The van der Waals surface area contributed by atoms with E-state index < -0.39 is 15.9 Å². The van der Waals surface area contributed by atoms with Crippen molar-refractivity contribution in [3.8, 4) is 0 Å². The Kier molecular flexibility index (Phi) is 11.2. The van der Waals surface area contributed by atoms with E-state index >= 15 is 0 Å². The quantitative estimate of drug-likeness (QED) is 0.773. The van der Waals surface area contributed by atoms with Gasteiger partial charge in [-0.15, -0.1) is 0 Å². The molecule has 5 heteroatoms. The highest BCUT2D eigenvalue weighted by Gasteiger charge is 2.12. The van der Waals surface area contributed by atoms with Crippen molar-refractivity contribution in [2.24, 2.45) is 0 Å². The zero-order chi connectivity index (χ0) is 12.3. The number of unbranched alkanes of at least 4 members (excludes halogenated alkanes) is 1. The second-order valence-corrected chi connectivity index (χ2v) is 4.79. The molecule has 0 saturated carbocycles. The third-order valence-corrected chi connectivity index (χ3v) is 2.88. The molecular formula is C10H25NO3S. The van der Waals surface area contributed by atoms with Crippen LogP contribution in [0.15, 0.2) is 0 Å². The molecule has 0 spiro atoms. The van der Waals surface area contributed by atoms with Gasteiger partial charge in [0.2, 0.25) is 15.9 Å². The molecule has 0 fully saturated rings. The maximum absolute atomic E-state index is 11.1. The average Bonchev–Trinajstić information content (AvgIpc) is 2.17. The monoisotopic (exact) mass is 239 g/mol. The fourth-order valence-corrected chi connectivity index (χ4v) is 2.06. The molecule has 1 N–H and O–H groups in total. The van der Waals surface area contributed by atoms with Crippen molar-refractivity contribution < 1.29 is 14.6 Å². The average molecular weight is 239 g/mol. The number of rotatable bonds is 6. The summed E-state index contributed by atoms with van der Waals surface area (Å²) in [6.07, 6.45) is 2.33. The molecule has 0 bridgehead atoms. The van der Waals surface area contributed by atoms with E-state index in [1.165, 1.54) is 0 Å². The molecule has 0 radical (unpaired) electrons. The molecular weight excluding hydrogens is 214 g/mol. The maximum Gasteiger partial charge on any atom is 0.234 e. The second-order valence-electron chi connectivity index (χ2n) is 2.95. The Bertz CT molecular complexity index is 253. The first-order valence-electron chi connectivity index (χ1n) is 5.55. The molecule has 0 aliphatic rings. The normalized spacial score (nSPS) is 10.1. The van der Waals surface area contributed by atoms with Gasteiger partial charge in [-0.25, -0.2) is 8.42 Å². The van der Waals surface area contributed by atoms with E-state index in [-0.39, 0.29) is 13.6 Å². The largest absolute Gasteiger partial charge is 0.274 e. The first kappa shape index (κ1) is 16.8. The molecule has 0 unspecified atom stereocenters. The molecule has 0 aliphatic heterocycles. The Morgan fingerprint density at radius 3 is 2.13 bits per heavy atom. The van der Waals surface area contributed by atoms with E-state index in [9.17, 15) is 13.2 Å². The summed E-state index contributed by atoms with van der Waals surface area (Å²) in [4.78, 5) is 10.9. The van der Waals surface area contributed by atoms with E-state index in [4.69, 9.17) is 0 Å². The number of hydrogen-bond acceptors (Lipinski definition) is 3. The minimum atomic E-state index is -3.36. The molecule has 0 aliphatic carbocycles. The molecule has 94 valence electrons. The Labute approximate surface area is 95.0 Å². The first-order chi connectivity index (χ1) is 7.02. The van der Waals surface area contributed by atoms with Crippen molar-refractivity contribution in [3.05, 3.63) is 0 Å². The van der Waals surface area contributed by atoms with Crippen molar-refractivity contribution in [2.45, 2.75) is 53.4 Å². The predicted octanol–water partition coefficient (Wildman–Crippen LogP) is 2.30. The summed E-state index contributed by atoms with van der Waals surface area (Å²) in [5.41, 5.74) is 0. The number of carbonyl (C=O) groups excluding carboxylic acids is 1. The van der Waals surface area contributed by atoms with E-state index in [0.717, 1.165) is 6.42 Å². The van der Waals surface area contributed by atoms with Gasteiger partial charge in [0.1, 0.15) is 0 Å². The van der Waals surface area contributed by atoms with E-state index in [1.807, 2.05) is 32.4 Å². The smallest absolute Gasteiger partial charge is 0.234 e. The minimum Gasteiger partial charge on any atom is -0.274 e. The van der Waals surface area contributed by atoms with Crippen LogP contribution in [-0.4, -0.2) is 20.1 Å². The summed E-state index contributed by atoms with van der Waals surface area (Å²) in [6, 6.07) is 0. The second kappa shape index (κ2) is 9.96. The highest BCUT2D eigenvalue weighted by atomic mass is 32.2. The van der Waals surface area contributed by atoms with Gasteiger partial charge in [0.05, 0.1) is 5.75 Å². The van der Waals surface area contributed by atoms with Crippen LogP contribution in [0.5, 0.6) is 0 Å². The van der Waals surface area contributed by atoms with Crippen LogP contribution in [0.3, 0.4) is 0 Å². The summed E-state index contributed by atoms with van der Waals surface area (Å²) in [7, 11) is -3.36. The van der Waals surface area contributed by atoms with Gasteiger partial charge in [-0.1, -0.05) is 34.1 Å². The maximum atomic E-state index is 11.1. The van der Waals surface area contributed by atoms with Crippen molar-refractivity contribution in [1.29, 1.82) is 0 Å². The van der Waals surface area contributed by atoms with Gasteiger partial charge >= 0.3 is 0 Å². The van der Waals surface area contributed by atoms with Crippen LogP contribution < -0.4 is 4.72 Å². The van der Waals surface area contributed by atoms with Gasteiger partial charge in [-0.05, 0) is 12.8 Å². The predicted molar refractivity (Wildman–Crippen MR) is 65.2 cm³/mol. The molecule has 1 amide bonds. The third kappa shape index (κ3) is 11.3. The fourth-order valence-electron chi connectivity index (χ4n) is 0.837. The van der Waals surface area contributed by atoms with Crippen LogP contribution in [0, 0.1) is 0 Å². The number of carbonyl (C=O) groups is 1. The number of amides is 1. The number of sulfonamides is 1. The highest BCUT2D eigenvalue weighted by molar-refractivity contribution is 7.90. The topological polar surface area (TPSA) is 63.2 Å². The Morgan fingerprint density at radius 2 is 1.73 bits per heavy atom. The Morgan fingerprint density at radius 1 is 1.20 bits per heavy atom. The number of hydrogen-bond donors (Lipinski definition) is 1. The molecule has 0 aromatic rings. The highest BCUT2D eigenvalue weighted by Crippen LogP contribution is 1.95. The van der Waals surface area contributed by atoms with Gasteiger partial charge in [0.15, 0.2) is 0 Å². The van der Waals surface area contributed by atoms with Crippen molar-refractivity contribution in [2.75, 3.05) is 5.75 Å². The van der Waals surface area contributed by atoms with Crippen LogP contribution >= 0.6 is 0 Å².